The summed E-state index contributed by atoms with van der Waals surface area (Å²) in [5.74, 6) is -0.877. The third kappa shape index (κ3) is 5.35. The molecule has 9 nitrogen and oxygen atoms in total. The molecule has 10 heteroatoms. The number of carbonyl (C=O) groups excluding carboxylic acids is 4. The molecule has 0 spiro atoms. The first kappa shape index (κ1) is 27.1. The van der Waals surface area contributed by atoms with E-state index in [4.69, 9.17) is 4.74 Å². The number of amides is 5. The third-order valence-electron chi connectivity index (χ3n) is 7.67. The second-order valence-corrected chi connectivity index (χ2v) is 17.4. The lowest BCUT2D eigenvalue weighted by Gasteiger charge is -2.35. The van der Waals surface area contributed by atoms with Gasteiger partial charge < -0.3 is 9.64 Å². The van der Waals surface area contributed by atoms with Crippen LogP contribution >= 0.6 is 0 Å². The van der Waals surface area contributed by atoms with Crippen LogP contribution in [-0.2, 0) is 20.9 Å². The van der Waals surface area contributed by atoms with E-state index in [1.807, 2.05) is 43.3 Å². The van der Waals surface area contributed by atoms with E-state index in [-0.39, 0.29) is 49.5 Å². The first-order chi connectivity index (χ1) is 18.5. The number of likely N-dealkylation sites (tertiary alicyclic amines) is 1. The standard InChI is InChI=1S/C29H36N4O5Si/c1-20-17-30(22-8-6-5-7-9-22)29(37)33(20)23-10-11-24-21(16-23)18-31(27(24)35)25-12-13-26(34)32(28(25)36)19-38-14-15-39(2,3)4/h5-11,16,20,25H,12-15,17-19H2,1-4H3. The number of carbonyl (C=O) groups is 4. The zero-order valence-corrected chi connectivity index (χ0v) is 24.1. The van der Waals surface area contributed by atoms with Crippen molar-refractivity contribution in [1.29, 1.82) is 0 Å². The minimum atomic E-state index is -1.30. The number of hydrogen-bond acceptors (Lipinski definition) is 5. The van der Waals surface area contributed by atoms with Crippen LogP contribution in [0.15, 0.2) is 48.5 Å². The Hall–Kier alpha value is -3.50. The molecule has 0 aromatic heterocycles. The number of ether oxygens (including phenoxy) is 1. The highest BCUT2D eigenvalue weighted by Gasteiger charge is 2.43. The molecule has 2 saturated heterocycles. The molecule has 0 bridgehead atoms. The summed E-state index contributed by atoms with van der Waals surface area (Å²) >= 11 is 0. The van der Waals surface area contributed by atoms with Gasteiger partial charge in [-0.15, -0.1) is 0 Å². The molecule has 5 amide bonds. The fourth-order valence-electron chi connectivity index (χ4n) is 5.44. The van der Waals surface area contributed by atoms with Crippen molar-refractivity contribution < 1.29 is 23.9 Å². The number of hydrogen-bond donors (Lipinski definition) is 0. The number of para-hydroxylation sites is 1. The van der Waals surface area contributed by atoms with Crippen LogP contribution in [0.5, 0.6) is 0 Å². The SMILES string of the molecule is CC1CN(c2ccccc2)C(=O)N1c1ccc2c(c1)CN(C1CCC(=O)N(COCC[Si](C)(C)C)C1=O)C2=O. The molecule has 2 aromatic carbocycles. The van der Waals surface area contributed by atoms with Crippen molar-refractivity contribution in [2.75, 3.05) is 29.7 Å². The Morgan fingerprint density at radius 3 is 2.44 bits per heavy atom. The van der Waals surface area contributed by atoms with Gasteiger partial charge in [0, 0.05) is 51.1 Å². The second kappa shape index (κ2) is 10.6. The van der Waals surface area contributed by atoms with Gasteiger partial charge in [-0.25, -0.2) is 4.79 Å². The Balaban J connectivity index is 1.29. The molecule has 0 radical (unpaired) electrons. The van der Waals surface area contributed by atoms with Crippen molar-refractivity contribution in [2.45, 2.75) is 64.1 Å². The topological polar surface area (TPSA) is 90.5 Å². The third-order valence-corrected chi connectivity index (χ3v) is 9.37. The minimum absolute atomic E-state index is 0.0515. The number of nitrogens with zero attached hydrogens (tertiary/aromatic N) is 4. The van der Waals surface area contributed by atoms with E-state index in [1.54, 1.807) is 26.8 Å². The fraction of sp³-hybridized carbons (Fsp3) is 0.448. The number of rotatable bonds is 8. The van der Waals surface area contributed by atoms with Crippen LogP contribution in [0.1, 0.15) is 35.7 Å². The molecule has 2 fully saturated rings. The Labute approximate surface area is 230 Å². The Morgan fingerprint density at radius 2 is 1.72 bits per heavy atom. The highest BCUT2D eigenvalue weighted by atomic mass is 28.3. The maximum Gasteiger partial charge on any atom is 0.329 e. The molecule has 3 aliphatic heterocycles. The van der Waals surface area contributed by atoms with E-state index in [9.17, 15) is 19.2 Å². The number of urea groups is 1. The molecule has 2 atom stereocenters. The van der Waals surface area contributed by atoms with Crippen LogP contribution in [-0.4, -0.2) is 73.6 Å². The number of benzene rings is 2. The zero-order valence-electron chi connectivity index (χ0n) is 23.1. The largest absolute Gasteiger partial charge is 0.361 e. The summed E-state index contributed by atoms with van der Waals surface area (Å²) in [5.41, 5.74) is 2.87. The van der Waals surface area contributed by atoms with Crippen LogP contribution in [0.3, 0.4) is 0 Å². The highest BCUT2D eigenvalue weighted by Crippen LogP contribution is 2.34. The molecule has 3 heterocycles. The van der Waals surface area contributed by atoms with Crippen LogP contribution in [0.25, 0.3) is 0 Å². The monoisotopic (exact) mass is 548 g/mol. The first-order valence-corrected chi connectivity index (χ1v) is 17.3. The molecule has 2 aromatic rings. The lowest BCUT2D eigenvalue weighted by atomic mass is 10.0. The minimum Gasteiger partial charge on any atom is -0.361 e. The molecule has 206 valence electrons. The van der Waals surface area contributed by atoms with Gasteiger partial charge >= 0.3 is 6.03 Å². The number of piperidine rings is 1. The summed E-state index contributed by atoms with van der Waals surface area (Å²) in [5, 5.41) is 0. The molecular weight excluding hydrogens is 512 g/mol. The van der Waals surface area contributed by atoms with Crippen molar-refractivity contribution in [3.05, 3.63) is 59.7 Å². The lowest BCUT2D eigenvalue weighted by Crippen LogP contribution is -2.55. The van der Waals surface area contributed by atoms with Crippen molar-refractivity contribution in [3.8, 4) is 0 Å². The van der Waals surface area contributed by atoms with Gasteiger partial charge in [0.05, 0.1) is 6.04 Å². The Bertz CT molecular complexity index is 1290. The average molecular weight is 549 g/mol. The predicted molar refractivity (Wildman–Crippen MR) is 151 cm³/mol. The molecule has 0 saturated carbocycles. The zero-order chi connectivity index (χ0) is 27.9. The molecule has 0 N–H and O–H groups in total. The summed E-state index contributed by atoms with van der Waals surface area (Å²) in [4.78, 5) is 58.8. The lowest BCUT2D eigenvalue weighted by molar-refractivity contribution is -0.158. The van der Waals surface area contributed by atoms with Gasteiger partial charge in [-0.3, -0.25) is 29.1 Å². The van der Waals surface area contributed by atoms with Gasteiger partial charge in [-0.05, 0) is 55.3 Å². The van der Waals surface area contributed by atoms with Crippen molar-refractivity contribution >= 4 is 43.2 Å². The van der Waals surface area contributed by atoms with Gasteiger partial charge in [-0.1, -0.05) is 37.8 Å². The van der Waals surface area contributed by atoms with E-state index in [1.165, 1.54) is 0 Å². The van der Waals surface area contributed by atoms with Crippen LogP contribution in [0.2, 0.25) is 25.7 Å². The van der Waals surface area contributed by atoms with Crippen molar-refractivity contribution in [2.24, 2.45) is 0 Å². The molecule has 0 aliphatic carbocycles. The maximum absolute atomic E-state index is 13.4. The van der Waals surface area contributed by atoms with E-state index in [0.29, 0.717) is 25.1 Å². The smallest absolute Gasteiger partial charge is 0.329 e. The summed E-state index contributed by atoms with van der Waals surface area (Å²) in [6, 6.07) is 15.1. The van der Waals surface area contributed by atoms with Crippen LogP contribution in [0.4, 0.5) is 16.2 Å². The molecule has 3 aliphatic rings. The maximum atomic E-state index is 13.4. The normalized spacial score (nSPS) is 21.8. The van der Waals surface area contributed by atoms with E-state index in [2.05, 4.69) is 19.6 Å². The van der Waals surface area contributed by atoms with E-state index in [0.717, 1.165) is 27.9 Å². The van der Waals surface area contributed by atoms with Gasteiger partial charge in [0.25, 0.3) is 11.8 Å². The highest BCUT2D eigenvalue weighted by molar-refractivity contribution is 6.76. The van der Waals surface area contributed by atoms with Gasteiger partial charge in [0.2, 0.25) is 5.91 Å². The number of anilines is 2. The molecule has 5 rings (SSSR count). The predicted octanol–water partition coefficient (Wildman–Crippen LogP) is 4.31. The average Bonchev–Trinajstić information content (AvgIpc) is 3.38. The molecular formula is C29H36N4O5Si. The van der Waals surface area contributed by atoms with Gasteiger partial charge in [0.1, 0.15) is 12.8 Å². The molecule has 39 heavy (non-hydrogen) atoms. The molecule has 2 unspecified atom stereocenters. The van der Waals surface area contributed by atoms with Crippen molar-refractivity contribution in [1.82, 2.24) is 9.80 Å². The quantitative estimate of drug-likeness (QED) is 0.279. The summed E-state index contributed by atoms with van der Waals surface area (Å²) in [6.07, 6.45) is 0.484. The Morgan fingerprint density at radius 1 is 0.974 bits per heavy atom. The summed E-state index contributed by atoms with van der Waals surface area (Å²) < 4.78 is 5.70. The summed E-state index contributed by atoms with van der Waals surface area (Å²) in [6.45, 7) is 9.97. The van der Waals surface area contributed by atoms with E-state index >= 15 is 0 Å². The number of fused-ring (bicyclic) bond motifs is 1. The second-order valence-electron chi connectivity index (χ2n) is 11.8. The van der Waals surface area contributed by atoms with Crippen LogP contribution < -0.4 is 9.80 Å². The van der Waals surface area contributed by atoms with E-state index < -0.39 is 14.1 Å². The van der Waals surface area contributed by atoms with Crippen LogP contribution in [0, 0.1) is 0 Å². The van der Waals surface area contributed by atoms with Crippen molar-refractivity contribution in [3.63, 3.8) is 0 Å². The first-order valence-electron chi connectivity index (χ1n) is 13.6. The Kier molecular flexibility index (Phi) is 7.34. The van der Waals surface area contributed by atoms with Gasteiger partial charge in [-0.2, -0.15) is 0 Å². The van der Waals surface area contributed by atoms with Gasteiger partial charge in [0.15, 0.2) is 0 Å². The fourth-order valence-corrected chi connectivity index (χ4v) is 6.20. The summed E-state index contributed by atoms with van der Waals surface area (Å²) in [7, 11) is -1.30. The number of imide groups is 1.